The lowest BCUT2D eigenvalue weighted by atomic mass is 10.1. The summed E-state index contributed by atoms with van der Waals surface area (Å²) in [6.45, 7) is 7.75. The fraction of sp³-hybridized carbons (Fsp3) is 0.571. The molecule has 0 saturated carbocycles. The SMILES string of the molecule is CCOc1cccc(CBr)c1OCC(C)CC. The molecule has 3 heteroatoms. The largest absolute Gasteiger partial charge is 0.490 e. The summed E-state index contributed by atoms with van der Waals surface area (Å²) in [6, 6.07) is 6.02. The summed E-state index contributed by atoms with van der Waals surface area (Å²) in [5.74, 6) is 2.28. The van der Waals surface area contributed by atoms with Gasteiger partial charge in [-0.25, -0.2) is 0 Å². The number of benzene rings is 1. The summed E-state index contributed by atoms with van der Waals surface area (Å²) >= 11 is 3.48. The Bertz CT molecular complexity index is 339. The third kappa shape index (κ3) is 4.23. The number of hydrogen-bond acceptors (Lipinski definition) is 2. The first-order valence-electron chi connectivity index (χ1n) is 6.16. The minimum absolute atomic E-state index is 0.563. The average molecular weight is 301 g/mol. The van der Waals surface area contributed by atoms with E-state index in [9.17, 15) is 0 Å². The Kier molecular flexibility index (Phi) is 6.41. The summed E-state index contributed by atoms with van der Waals surface area (Å²) in [6.07, 6.45) is 1.13. The smallest absolute Gasteiger partial charge is 0.165 e. The fourth-order valence-electron chi connectivity index (χ4n) is 1.44. The highest BCUT2D eigenvalue weighted by Crippen LogP contribution is 2.33. The van der Waals surface area contributed by atoms with Gasteiger partial charge in [0.05, 0.1) is 13.2 Å². The van der Waals surface area contributed by atoms with Crippen LogP contribution in [0.25, 0.3) is 0 Å². The highest BCUT2D eigenvalue weighted by Gasteiger charge is 2.11. The maximum absolute atomic E-state index is 5.91. The van der Waals surface area contributed by atoms with Crippen LogP contribution in [0.15, 0.2) is 18.2 Å². The minimum Gasteiger partial charge on any atom is -0.490 e. The topological polar surface area (TPSA) is 18.5 Å². The van der Waals surface area contributed by atoms with Gasteiger partial charge in [-0.1, -0.05) is 48.3 Å². The van der Waals surface area contributed by atoms with Crippen molar-refractivity contribution >= 4 is 15.9 Å². The third-order valence-corrected chi connectivity index (χ3v) is 3.32. The summed E-state index contributed by atoms with van der Waals surface area (Å²) in [4.78, 5) is 0. The molecule has 0 amide bonds. The van der Waals surface area contributed by atoms with Crippen molar-refractivity contribution in [3.8, 4) is 11.5 Å². The van der Waals surface area contributed by atoms with Crippen LogP contribution in [0.1, 0.15) is 32.8 Å². The molecule has 0 spiro atoms. The van der Waals surface area contributed by atoms with Gasteiger partial charge in [-0.2, -0.15) is 0 Å². The second kappa shape index (κ2) is 7.59. The van der Waals surface area contributed by atoms with Gasteiger partial charge in [-0.05, 0) is 18.9 Å². The lowest BCUT2D eigenvalue weighted by Gasteiger charge is -2.17. The van der Waals surface area contributed by atoms with Gasteiger partial charge < -0.3 is 9.47 Å². The van der Waals surface area contributed by atoms with E-state index in [1.807, 2.05) is 19.1 Å². The van der Waals surface area contributed by atoms with Crippen molar-refractivity contribution in [1.29, 1.82) is 0 Å². The highest BCUT2D eigenvalue weighted by atomic mass is 79.9. The first-order valence-corrected chi connectivity index (χ1v) is 7.28. The van der Waals surface area contributed by atoms with Crippen LogP contribution in [0.2, 0.25) is 0 Å². The van der Waals surface area contributed by atoms with Crippen LogP contribution in [0.3, 0.4) is 0 Å². The highest BCUT2D eigenvalue weighted by molar-refractivity contribution is 9.08. The molecule has 2 nitrogen and oxygen atoms in total. The van der Waals surface area contributed by atoms with Crippen molar-refractivity contribution in [2.75, 3.05) is 13.2 Å². The second-order valence-corrected chi connectivity index (χ2v) is 4.70. The van der Waals surface area contributed by atoms with Crippen molar-refractivity contribution < 1.29 is 9.47 Å². The zero-order chi connectivity index (χ0) is 12.7. The number of alkyl halides is 1. The van der Waals surface area contributed by atoms with Gasteiger partial charge in [0, 0.05) is 10.9 Å². The van der Waals surface area contributed by atoms with Gasteiger partial charge in [0.1, 0.15) is 0 Å². The number of ether oxygens (including phenoxy) is 2. The normalized spacial score (nSPS) is 12.2. The van der Waals surface area contributed by atoms with Crippen LogP contribution in [0.5, 0.6) is 11.5 Å². The van der Waals surface area contributed by atoms with E-state index < -0.39 is 0 Å². The number of rotatable bonds is 7. The summed E-state index contributed by atoms with van der Waals surface area (Å²) in [5.41, 5.74) is 1.14. The van der Waals surface area contributed by atoms with Gasteiger partial charge in [0.25, 0.3) is 0 Å². The minimum atomic E-state index is 0.563. The van der Waals surface area contributed by atoms with Gasteiger partial charge in [0.2, 0.25) is 0 Å². The van der Waals surface area contributed by atoms with E-state index in [1.54, 1.807) is 0 Å². The van der Waals surface area contributed by atoms with Crippen molar-refractivity contribution in [2.24, 2.45) is 5.92 Å². The first-order chi connectivity index (χ1) is 8.22. The molecule has 1 aromatic rings. The Morgan fingerprint density at radius 1 is 1.24 bits per heavy atom. The molecule has 17 heavy (non-hydrogen) atoms. The molecule has 0 aliphatic carbocycles. The van der Waals surface area contributed by atoms with Crippen LogP contribution in [-0.2, 0) is 5.33 Å². The lowest BCUT2D eigenvalue weighted by molar-refractivity contribution is 0.236. The van der Waals surface area contributed by atoms with Crippen LogP contribution in [0.4, 0.5) is 0 Å². The van der Waals surface area contributed by atoms with E-state index in [4.69, 9.17) is 9.47 Å². The molecule has 0 saturated heterocycles. The first kappa shape index (κ1) is 14.4. The molecular formula is C14H21BrO2. The second-order valence-electron chi connectivity index (χ2n) is 4.14. The van der Waals surface area contributed by atoms with Crippen molar-refractivity contribution in [3.63, 3.8) is 0 Å². The molecule has 1 aromatic carbocycles. The molecule has 0 N–H and O–H groups in total. The third-order valence-electron chi connectivity index (χ3n) is 2.71. The average Bonchev–Trinajstić information content (AvgIpc) is 2.36. The van der Waals surface area contributed by atoms with Gasteiger partial charge in [-0.3, -0.25) is 0 Å². The van der Waals surface area contributed by atoms with Gasteiger partial charge in [-0.15, -0.1) is 0 Å². The maximum Gasteiger partial charge on any atom is 0.165 e. The standard InChI is InChI=1S/C14H21BrO2/c1-4-11(3)10-17-14-12(9-15)7-6-8-13(14)16-5-2/h6-8,11H,4-5,9-10H2,1-3H3. The Labute approximate surface area is 112 Å². The molecule has 1 rings (SSSR count). The predicted octanol–water partition coefficient (Wildman–Crippen LogP) is 4.41. The summed E-state index contributed by atoms with van der Waals surface area (Å²) in [5, 5.41) is 0.782. The van der Waals surface area contributed by atoms with Crippen LogP contribution >= 0.6 is 15.9 Å². The van der Waals surface area contributed by atoms with Crippen LogP contribution in [-0.4, -0.2) is 13.2 Å². The Balaban J connectivity index is 2.84. The van der Waals surface area contributed by atoms with E-state index in [-0.39, 0.29) is 0 Å². The maximum atomic E-state index is 5.91. The van der Waals surface area contributed by atoms with Gasteiger partial charge in [0.15, 0.2) is 11.5 Å². The van der Waals surface area contributed by atoms with Gasteiger partial charge >= 0.3 is 0 Å². The van der Waals surface area contributed by atoms with Crippen molar-refractivity contribution in [2.45, 2.75) is 32.5 Å². The molecule has 0 fully saturated rings. The van der Waals surface area contributed by atoms with E-state index in [1.165, 1.54) is 0 Å². The molecule has 1 unspecified atom stereocenters. The number of para-hydroxylation sites is 1. The quantitative estimate of drug-likeness (QED) is 0.695. The Morgan fingerprint density at radius 2 is 2.00 bits per heavy atom. The van der Waals surface area contributed by atoms with E-state index in [2.05, 4.69) is 35.8 Å². The molecular weight excluding hydrogens is 280 g/mol. The monoisotopic (exact) mass is 300 g/mol. The molecule has 0 bridgehead atoms. The predicted molar refractivity (Wildman–Crippen MR) is 75.2 cm³/mol. The van der Waals surface area contributed by atoms with E-state index in [0.717, 1.165) is 35.4 Å². The number of hydrogen-bond donors (Lipinski definition) is 0. The zero-order valence-corrected chi connectivity index (χ0v) is 12.4. The summed E-state index contributed by atoms with van der Waals surface area (Å²) in [7, 11) is 0. The molecule has 1 atom stereocenters. The lowest BCUT2D eigenvalue weighted by Crippen LogP contribution is -2.09. The van der Waals surface area contributed by atoms with Crippen molar-refractivity contribution in [3.05, 3.63) is 23.8 Å². The molecule has 0 radical (unpaired) electrons. The van der Waals surface area contributed by atoms with Crippen molar-refractivity contribution in [1.82, 2.24) is 0 Å². The number of halogens is 1. The molecule has 0 aliphatic rings. The fourth-order valence-corrected chi connectivity index (χ4v) is 1.88. The molecule has 0 heterocycles. The van der Waals surface area contributed by atoms with E-state index in [0.29, 0.717) is 12.5 Å². The van der Waals surface area contributed by atoms with Crippen LogP contribution in [0, 0.1) is 5.92 Å². The molecule has 96 valence electrons. The molecule has 0 aliphatic heterocycles. The van der Waals surface area contributed by atoms with Crippen LogP contribution < -0.4 is 9.47 Å². The zero-order valence-electron chi connectivity index (χ0n) is 10.8. The Morgan fingerprint density at radius 3 is 2.59 bits per heavy atom. The summed E-state index contributed by atoms with van der Waals surface area (Å²) < 4.78 is 11.5. The molecule has 0 aromatic heterocycles. The van der Waals surface area contributed by atoms with E-state index >= 15 is 0 Å². The Hall–Kier alpha value is -0.700.